The molecule has 23 heavy (non-hydrogen) atoms. The summed E-state index contributed by atoms with van der Waals surface area (Å²) in [6.45, 7) is 6.81. The van der Waals surface area contributed by atoms with Crippen molar-refractivity contribution in [2.24, 2.45) is 5.92 Å². The molecule has 4 nitrogen and oxygen atoms in total. The summed E-state index contributed by atoms with van der Waals surface area (Å²) in [4.78, 5) is 15.2. The van der Waals surface area contributed by atoms with Crippen LogP contribution < -0.4 is 4.87 Å². The van der Waals surface area contributed by atoms with Gasteiger partial charge in [-0.05, 0) is 31.2 Å². The Morgan fingerprint density at radius 3 is 2.52 bits per heavy atom. The van der Waals surface area contributed by atoms with E-state index in [1.165, 1.54) is 10.1 Å². The van der Waals surface area contributed by atoms with Crippen molar-refractivity contribution in [2.75, 3.05) is 13.1 Å². The van der Waals surface area contributed by atoms with Gasteiger partial charge < -0.3 is 5.11 Å². The Kier molecular flexibility index (Phi) is 4.87. The zero-order valence-corrected chi connectivity index (χ0v) is 14.6. The van der Waals surface area contributed by atoms with Crippen LogP contribution in [0.15, 0.2) is 29.1 Å². The van der Waals surface area contributed by atoms with Gasteiger partial charge in [-0.1, -0.05) is 48.1 Å². The van der Waals surface area contributed by atoms with Gasteiger partial charge in [0.25, 0.3) is 0 Å². The van der Waals surface area contributed by atoms with E-state index in [1.807, 2.05) is 0 Å². The van der Waals surface area contributed by atoms with Crippen LogP contribution in [0.5, 0.6) is 5.88 Å². The van der Waals surface area contributed by atoms with E-state index in [2.05, 4.69) is 43.0 Å². The van der Waals surface area contributed by atoms with Crippen LogP contribution in [0.25, 0.3) is 0 Å². The first kappa shape index (κ1) is 16.3. The van der Waals surface area contributed by atoms with E-state index in [4.69, 9.17) is 0 Å². The Morgan fingerprint density at radius 1 is 1.22 bits per heavy atom. The van der Waals surface area contributed by atoms with Gasteiger partial charge in [-0.3, -0.25) is 14.3 Å². The summed E-state index contributed by atoms with van der Waals surface area (Å²) >= 11 is 1.16. The van der Waals surface area contributed by atoms with E-state index in [9.17, 15) is 9.90 Å². The van der Waals surface area contributed by atoms with E-state index in [-0.39, 0.29) is 10.8 Å². The van der Waals surface area contributed by atoms with Crippen molar-refractivity contribution in [3.63, 3.8) is 0 Å². The molecule has 1 N–H and O–H groups in total. The molecule has 1 fully saturated rings. The summed E-state index contributed by atoms with van der Waals surface area (Å²) in [6, 6.07) is 8.22. The average Bonchev–Trinajstić information content (AvgIpc) is 2.79. The molecule has 0 bridgehead atoms. The zero-order chi connectivity index (χ0) is 16.4. The summed E-state index contributed by atoms with van der Waals surface area (Å²) in [5, 5.41) is 10.5. The maximum atomic E-state index is 12.2. The van der Waals surface area contributed by atoms with E-state index < -0.39 is 0 Å². The van der Waals surface area contributed by atoms with Crippen molar-refractivity contribution in [3.8, 4) is 5.88 Å². The lowest BCUT2D eigenvalue weighted by Crippen LogP contribution is -2.36. The first-order valence-electron chi connectivity index (χ1n) is 8.22. The minimum Gasteiger partial charge on any atom is -0.494 e. The number of thiazole rings is 1. The maximum Gasteiger partial charge on any atom is 0.311 e. The molecule has 0 atom stereocenters. The highest BCUT2D eigenvalue weighted by Crippen LogP contribution is 2.25. The van der Waals surface area contributed by atoms with Crippen LogP contribution in [0.4, 0.5) is 0 Å². The normalized spacial score (nSPS) is 16.8. The number of aromatic nitrogens is 1. The molecule has 0 saturated carbocycles. The standard InChI is InChI=1S/C18H24N2O2S/c1-13-3-5-15(6-4-13)11-16-17(21)20(18(22)23-16)12-19-9-7-14(2)8-10-19/h3-6,14,21H,7-12H2,1-2H3. The third kappa shape index (κ3) is 3.85. The van der Waals surface area contributed by atoms with Crippen molar-refractivity contribution in [3.05, 3.63) is 49.9 Å². The average molecular weight is 332 g/mol. The number of rotatable bonds is 4. The highest BCUT2D eigenvalue weighted by molar-refractivity contribution is 7.09. The van der Waals surface area contributed by atoms with Gasteiger partial charge in [0.05, 0.1) is 11.5 Å². The molecule has 124 valence electrons. The minimum atomic E-state index is -0.0665. The van der Waals surface area contributed by atoms with E-state index in [1.54, 1.807) is 0 Å². The van der Waals surface area contributed by atoms with Crippen LogP contribution in [0.2, 0.25) is 0 Å². The molecule has 1 aliphatic rings. The fourth-order valence-electron chi connectivity index (χ4n) is 2.98. The molecule has 0 unspecified atom stereocenters. The van der Waals surface area contributed by atoms with Crippen molar-refractivity contribution in [1.29, 1.82) is 0 Å². The third-order valence-corrected chi connectivity index (χ3v) is 5.61. The molecule has 3 rings (SSSR count). The number of benzene rings is 1. The number of nitrogens with zero attached hydrogens (tertiary/aromatic N) is 2. The first-order valence-corrected chi connectivity index (χ1v) is 9.04. The Balaban J connectivity index is 1.74. The third-order valence-electron chi connectivity index (χ3n) is 4.64. The topological polar surface area (TPSA) is 45.5 Å². The highest BCUT2D eigenvalue weighted by atomic mass is 32.1. The van der Waals surface area contributed by atoms with Crippen molar-refractivity contribution >= 4 is 11.3 Å². The Labute approximate surface area is 141 Å². The summed E-state index contributed by atoms with van der Waals surface area (Å²) in [6.07, 6.45) is 2.93. The number of aromatic hydroxyl groups is 1. The van der Waals surface area contributed by atoms with Gasteiger partial charge in [0, 0.05) is 19.5 Å². The van der Waals surface area contributed by atoms with Gasteiger partial charge in [-0.15, -0.1) is 0 Å². The number of aryl methyl sites for hydroxylation is 1. The lowest BCUT2D eigenvalue weighted by atomic mass is 10.00. The summed E-state index contributed by atoms with van der Waals surface area (Å²) in [5.74, 6) is 0.898. The van der Waals surface area contributed by atoms with E-state index in [0.29, 0.717) is 13.1 Å². The Morgan fingerprint density at radius 2 is 1.87 bits per heavy atom. The second-order valence-electron chi connectivity index (χ2n) is 6.65. The maximum absolute atomic E-state index is 12.2. The molecule has 0 amide bonds. The molecule has 1 aromatic carbocycles. The fourth-order valence-corrected chi connectivity index (χ4v) is 3.88. The monoisotopic (exact) mass is 332 g/mol. The summed E-state index contributed by atoms with van der Waals surface area (Å²) < 4.78 is 1.52. The largest absolute Gasteiger partial charge is 0.494 e. The number of likely N-dealkylation sites (tertiary alicyclic amines) is 1. The Bertz CT molecular complexity index is 710. The first-order chi connectivity index (χ1) is 11.0. The molecular weight excluding hydrogens is 308 g/mol. The van der Waals surface area contributed by atoms with Gasteiger partial charge in [-0.25, -0.2) is 0 Å². The van der Waals surface area contributed by atoms with Crippen LogP contribution in [0.1, 0.15) is 35.8 Å². The summed E-state index contributed by atoms with van der Waals surface area (Å²) in [7, 11) is 0. The molecule has 1 aliphatic heterocycles. The molecule has 5 heteroatoms. The lowest BCUT2D eigenvalue weighted by molar-refractivity contribution is 0.147. The van der Waals surface area contributed by atoms with Crippen LogP contribution in [0.3, 0.4) is 0 Å². The molecule has 0 radical (unpaired) electrons. The molecule has 2 aromatic rings. The number of piperidine rings is 1. The fraction of sp³-hybridized carbons (Fsp3) is 0.500. The SMILES string of the molecule is Cc1ccc(Cc2sc(=O)n(CN3CCC(C)CC3)c2O)cc1. The van der Waals surface area contributed by atoms with Gasteiger partial charge >= 0.3 is 4.87 Å². The predicted octanol–water partition coefficient (Wildman–Crippen LogP) is 3.20. The van der Waals surface area contributed by atoms with Gasteiger partial charge in [-0.2, -0.15) is 0 Å². The molecular formula is C18H24N2O2S. The van der Waals surface area contributed by atoms with E-state index in [0.717, 1.165) is 53.6 Å². The highest BCUT2D eigenvalue weighted by Gasteiger charge is 2.20. The predicted molar refractivity (Wildman–Crippen MR) is 94.2 cm³/mol. The van der Waals surface area contributed by atoms with Gasteiger partial charge in [0.15, 0.2) is 0 Å². The molecule has 0 aliphatic carbocycles. The molecule has 2 heterocycles. The molecule has 0 spiro atoms. The zero-order valence-electron chi connectivity index (χ0n) is 13.8. The van der Waals surface area contributed by atoms with Crippen LogP contribution in [0, 0.1) is 12.8 Å². The van der Waals surface area contributed by atoms with E-state index >= 15 is 0 Å². The van der Waals surface area contributed by atoms with Crippen molar-refractivity contribution in [2.45, 2.75) is 39.8 Å². The number of hydrogen-bond donors (Lipinski definition) is 1. The quantitative estimate of drug-likeness (QED) is 0.935. The summed E-state index contributed by atoms with van der Waals surface area (Å²) in [5.41, 5.74) is 2.33. The lowest BCUT2D eigenvalue weighted by Gasteiger charge is -2.30. The minimum absolute atomic E-state index is 0.0665. The van der Waals surface area contributed by atoms with Crippen molar-refractivity contribution in [1.82, 2.24) is 9.47 Å². The van der Waals surface area contributed by atoms with Crippen LogP contribution >= 0.6 is 11.3 Å². The molecule has 1 saturated heterocycles. The Hall–Kier alpha value is -1.59. The van der Waals surface area contributed by atoms with Crippen LogP contribution in [-0.2, 0) is 13.1 Å². The second kappa shape index (κ2) is 6.89. The van der Waals surface area contributed by atoms with Crippen molar-refractivity contribution < 1.29 is 5.11 Å². The number of hydrogen-bond acceptors (Lipinski definition) is 4. The van der Waals surface area contributed by atoms with Gasteiger partial charge in [0.1, 0.15) is 0 Å². The molecule has 1 aromatic heterocycles. The smallest absolute Gasteiger partial charge is 0.311 e. The van der Waals surface area contributed by atoms with Gasteiger partial charge in [0.2, 0.25) is 5.88 Å². The van der Waals surface area contributed by atoms with Crippen LogP contribution in [-0.4, -0.2) is 27.7 Å². The second-order valence-corrected chi connectivity index (χ2v) is 7.69.